The normalized spacial score (nSPS) is 10.6. The predicted octanol–water partition coefficient (Wildman–Crippen LogP) is 2.17. The average Bonchev–Trinajstić information content (AvgIpc) is 2.37. The second-order valence-electron chi connectivity index (χ2n) is 4.96. The molecule has 0 atom stereocenters. The summed E-state index contributed by atoms with van der Waals surface area (Å²) in [5.41, 5.74) is -0.968. The molecule has 0 saturated carbocycles. The molecule has 0 fully saturated rings. The van der Waals surface area contributed by atoms with Crippen LogP contribution >= 0.6 is 0 Å². The minimum atomic E-state index is -0.968. The summed E-state index contributed by atoms with van der Waals surface area (Å²) in [6.07, 6.45) is 4.02. The standard InChI is InChI=1S/C14H24N2O3/c1-4-19-12(17)9-7-5-6-8-10-16-13(18)14(2,3)11-15/h4-10H2,1-3H3,(H,16,18). The van der Waals surface area contributed by atoms with Crippen molar-refractivity contribution in [1.29, 1.82) is 5.26 Å². The van der Waals surface area contributed by atoms with Crippen LogP contribution in [-0.4, -0.2) is 25.0 Å². The second-order valence-corrected chi connectivity index (χ2v) is 4.96. The van der Waals surface area contributed by atoms with Crippen LogP contribution in [0, 0.1) is 16.7 Å². The van der Waals surface area contributed by atoms with Crippen LogP contribution in [0.25, 0.3) is 0 Å². The molecule has 0 saturated heterocycles. The smallest absolute Gasteiger partial charge is 0.305 e. The monoisotopic (exact) mass is 268 g/mol. The summed E-state index contributed by atoms with van der Waals surface area (Å²) >= 11 is 0. The Hall–Kier alpha value is -1.57. The van der Waals surface area contributed by atoms with Gasteiger partial charge in [-0.2, -0.15) is 5.26 Å². The molecule has 0 aliphatic carbocycles. The maximum absolute atomic E-state index is 11.6. The molecule has 5 heteroatoms. The summed E-state index contributed by atoms with van der Waals surface area (Å²) < 4.78 is 4.82. The van der Waals surface area contributed by atoms with Gasteiger partial charge in [-0.15, -0.1) is 0 Å². The van der Waals surface area contributed by atoms with Gasteiger partial charge in [0.1, 0.15) is 5.41 Å². The van der Waals surface area contributed by atoms with Gasteiger partial charge in [-0.1, -0.05) is 12.8 Å². The molecular weight excluding hydrogens is 244 g/mol. The van der Waals surface area contributed by atoms with Crippen LogP contribution in [0.3, 0.4) is 0 Å². The van der Waals surface area contributed by atoms with Crippen molar-refractivity contribution in [1.82, 2.24) is 5.32 Å². The van der Waals surface area contributed by atoms with Crippen molar-refractivity contribution in [3.63, 3.8) is 0 Å². The number of ether oxygens (including phenoxy) is 1. The minimum Gasteiger partial charge on any atom is -0.466 e. The lowest BCUT2D eigenvalue weighted by Crippen LogP contribution is -2.36. The van der Waals surface area contributed by atoms with Gasteiger partial charge < -0.3 is 10.1 Å². The number of hydrogen-bond acceptors (Lipinski definition) is 4. The van der Waals surface area contributed by atoms with E-state index in [1.807, 2.05) is 6.07 Å². The molecule has 108 valence electrons. The largest absolute Gasteiger partial charge is 0.466 e. The highest BCUT2D eigenvalue weighted by Crippen LogP contribution is 2.12. The van der Waals surface area contributed by atoms with E-state index < -0.39 is 5.41 Å². The van der Waals surface area contributed by atoms with Gasteiger partial charge in [0.2, 0.25) is 5.91 Å². The Morgan fingerprint density at radius 2 is 1.84 bits per heavy atom. The number of carbonyl (C=O) groups excluding carboxylic acids is 2. The Labute approximate surface area is 115 Å². The van der Waals surface area contributed by atoms with Crippen molar-refractivity contribution in [3.8, 4) is 6.07 Å². The van der Waals surface area contributed by atoms with Crippen LogP contribution < -0.4 is 5.32 Å². The summed E-state index contributed by atoms with van der Waals surface area (Å²) in [4.78, 5) is 22.6. The maximum Gasteiger partial charge on any atom is 0.305 e. The zero-order valence-electron chi connectivity index (χ0n) is 12.1. The van der Waals surface area contributed by atoms with Crippen LogP contribution in [0.4, 0.5) is 0 Å². The molecule has 19 heavy (non-hydrogen) atoms. The lowest BCUT2D eigenvalue weighted by molar-refractivity contribution is -0.143. The Bertz CT molecular complexity index is 332. The van der Waals surface area contributed by atoms with Crippen molar-refractivity contribution in [2.75, 3.05) is 13.2 Å². The van der Waals surface area contributed by atoms with E-state index in [0.29, 0.717) is 19.6 Å². The van der Waals surface area contributed by atoms with Gasteiger partial charge in [0.15, 0.2) is 0 Å². The molecule has 0 spiro atoms. The van der Waals surface area contributed by atoms with Gasteiger partial charge in [0.25, 0.3) is 0 Å². The number of amides is 1. The minimum absolute atomic E-state index is 0.147. The van der Waals surface area contributed by atoms with Crippen LogP contribution in [0.1, 0.15) is 52.9 Å². The van der Waals surface area contributed by atoms with E-state index >= 15 is 0 Å². The van der Waals surface area contributed by atoms with Gasteiger partial charge in [-0.05, 0) is 33.6 Å². The first-order chi connectivity index (χ1) is 8.94. The Morgan fingerprint density at radius 3 is 2.42 bits per heavy atom. The van der Waals surface area contributed by atoms with Crippen LogP contribution in [-0.2, 0) is 14.3 Å². The molecule has 0 unspecified atom stereocenters. The molecule has 0 aliphatic heterocycles. The summed E-state index contributed by atoms with van der Waals surface area (Å²) in [5.74, 6) is -0.381. The van der Waals surface area contributed by atoms with E-state index in [-0.39, 0.29) is 11.9 Å². The molecule has 0 bridgehead atoms. The number of carbonyl (C=O) groups is 2. The van der Waals surface area contributed by atoms with Gasteiger partial charge >= 0.3 is 5.97 Å². The molecule has 0 aromatic heterocycles. The third-order valence-corrected chi connectivity index (χ3v) is 2.75. The number of nitrogens with zero attached hydrogens (tertiary/aromatic N) is 1. The first kappa shape index (κ1) is 17.4. The topological polar surface area (TPSA) is 79.2 Å². The van der Waals surface area contributed by atoms with Gasteiger partial charge in [0, 0.05) is 13.0 Å². The molecule has 0 radical (unpaired) electrons. The molecular formula is C14H24N2O3. The molecule has 0 aromatic carbocycles. The fourth-order valence-corrected chi connectivity index (χ4v) is 1.45. The first-order valence-electron chi connectivity index (χ1n) is 6.79. The summed E-state index contributed by atoms with van der Waals surface area (Å²) in [5, 5.41) is 11.5. The highest BCUT2D eigenvalue weighted by atomic mass is 16.5. The van der Waals surface area contributed by atoms with Crippen molar-refractivity contribution in [3.05, 3.63) is 0 Å². The van der Waals surface area contributed by atoms with E-state index in [1.54, 1.807) is 20.8 Å². The van der Waals surface area contributed by atoms with Crippen LogP contribution in [0.15, 0.2) is 0 Å². The zero-order valence-corrected chi connectivity index (χ0v) is 12.1. The highest BCUT2D eigenvalue weighted by Gasteiger charge is 2.26. The summed E-state index contributed by atoms with van der Waals surface area (Å²) in [6, 6.07) is 1.96. The maximum atomic E-state index is 11.6. The van der Waals surface area contributed by atoms with Crippen molar-refractivity contribution < 1.29 is 14.3 Å². The number of hydrogen-bond donors (Lipinski definition) is 1. The molecule has 0 heterocycles. The average molecular weight is 268 g/mol. The number of rotatable bonds is 9. The van der Waals surface area contributed by atoms with Gasteiger partial charge in [-0.3, -0.25) is 9.59 Å². The lowest BCUT2D eigenvalue weighted by atomic mass is 9.95. The molecule has 0 aliphatic rings. The zero-order chi connectivity index (χ0) is 14.7. The Balaban J connectivity index is 3.49. The summed E-state index contributed by atoms with van der Waals surface area (Å²) in [6.45, 7) is 6.00. The third kappa shape index (κ3) is 8.20. The number of unbranched alkanes of at least 4 members (excludes halogenated alkanes) is 3. The third-order valence-electron chi connectivity index (χ3n) is 2.75. The number of esters is 1. The van der Waals surface area contributed by atoms with Gasteiger partial charge in [-0.25, -0.2) is 0 Å². The van der Waals surface area contributed by atoms with E-state index in [1.165, 1.54) is 0 Å². The lowest BCUT2D eigenvalue weighted by Gasteiger charge is -2.14. The molecule has 1 N–H and O–H groups in total. The van der Waals surface area contributed by atoms with E-state index in [4.69, 9.17) is 10.00 Å². The number of nitriles is 1. The molecule has 1 amide bonds. The predicted molar refractivity (Wildman–Crippen MR) is 72.1 cm³/mol. The quantitative estimate of drug-likeness (QED) is 0.513. The van der Waals surface area contributed by atoms with E-state index in [0.717, 1.165) is 25.7 Å². The Morgan fingerprint density at radius 1 is 1.21 bits per heavy atom. The van der Waals surface area contributed by atoms with Gasteiger partial charge in [0.05, 0.1) is 12.7 Å². The fourth-order valence-electron chi connectivity index (χ4n) is 1.45. The molecule has 0 rings (SSSR count). The van der Waals surface area contributed by atoms with Crippen molar-refractivity contribution in [2.45, 2.75) is 52.9 Å². The van der Waals surface area contributed by atoms with E-state index in [2.05, 4.69) is 5.32 Å². The van der Waals surface area contributed by atoms with Crippen molar-refractivity contribution >= 4 is 11.9 Å². The first-order valence-corrected chi connectivity index (χ1v) is 6.79. The van der Waals surface area contributed by atoms with Crippen LogP contribution in [0.5, 0.6) is 0 Å². The number of nitrogens with one attached hydrogen (secondary N) is 1. The Kier molecular flexibility index (Phi) is 8.60. The molecule has 5 nitrogen and oxygen atoms in total. The molecule has 0 aromatic rings. The highest BCUT2D eigenvalue weighted by molar-refractivity contribution is 5.84. The summed E-state index contributed by atoms with van der Waals surface area (Å²) in [7, 11) is 0. The van der Waals surface area contributed by atoms with E-state index in [9.17, 15) is 9.59 Å². The van der Waals surface area contributed by atoms with Crippen molar-refractivity contribution in [2.24, 2.45) is 5.41 Å². The SMILES string of the molecule is CCOC(=O)CCCCCCNC(=O)C(C)(C)C#N. The fraction of sp³-hybridized carbons (Fsp3) is 0.786. The van der Waals surface area contributed by atoms with Crippen LogP contribution in [0.2, 0.25) is 0 Å². The second kappa shape index (κ2) is 9.37.